The molecule has 0 amide bonds. The number of carbonyl (C=O) groups excluding carboxylic acids is 2. The van der Waals surface area contributed by atoms with Gasteiger partial charge in [0, 0.05) is 5.41 Å². The van der Waals surface area contributed by atoms with E-state index in [1.54, 1.807) is 11.1 Å². The van der Waals surface area contributed by atoms with Gasteiger partial charge in [-0.2, -0.15) is 0 Å². The summed E-state index contributed by atoms with van der Waals surface area (Å²) in [6.07, 6.45) is 12.7. The minimum atomic E-state index is -0.827. The smallest absolute Gasteiger partial charge is 0.320 e. The Labute approximate surface area is 143 Å². The molecular formula is C20H26O4. The Kier molecular flexibility index (Phi) is 3.63. The number of allylic oxidation sites excluding steroid dienone is 4. The molecular weight excluding hydrogens is 304 g/mol. The lowest BCUT2D eigenvalue weighted by Gasteiger charge is -2.25. The highest BCUT2D eigenvalue weighted by Gasteiger charge is 2.66. The molecule has 4 aliphatic rings. The number of esters is 2. The van der Waals surface area contributed by atoms with Crippen molar-refractivity contribution in [2.24, 2.45) is 16.7 Å². The van der Waals surface area contributed by atoms with Gasteiger partial charge in [0.2, 0.25) is 0 Å². The molecule has 0 aromatic heterocycles. The van der Waals surface area contributed by atoms with Crippen LogP contribution in [0.25, 0.3) is 0 Å². The van der Waals surface area contributed by atoms with E-state index < -0.39 is 17.9 Å². The molecule has 4 aliphatic carbocycles. The van der Waals surface area contributed by atoms with Gasteiger partial charge in [-0.15, -0.1) is 0 Å². The van der Waals surface area contributed by atoms with Crippen LogP contribution in [-0.4, -0.2) is 26.2 Å². The van der Waals surface area contributed by atoms with E-state index in [1.165, 1.54) is 58.3 Å². The van der Waals surface area contributed by atoms with Gasteiger partial charge in [-0.25, -0.2) is 0 Å². The molecule has 0 unspecified atom stereocenters. The van der Waals surface area contributed by atoms with E-state index in [1.807, 2.05) is 0 Å². The highest BCUT2D eigenvalue weighted by molar-refractivity contribution is 5.95. The summed E-state index contributed by atoms with van der Waals surface area (Å²) < 4.78 is 9.64. The summed E-state index contributed by atoms with van der Waals surface area (Å²) in [6, 6.07) is 0. The van der Waals surface area contributed by atoms with E-state index in [0.717, 1.165) is 12.8 Å². The Bertz CT molecular complexity index is 625. The number of carbonyl (C=O) groups is 2. The lowest BCUT2D eigenvalue weighted by atomic mass is 9.78. The highest BCUT2D eigenvalue weighted by Crippen LogP contribution is 2.77. The molecule has 4 heteroatoms. The lowest BCUT2D eigenvalue weighted by molar-refractivity contribution is -0.158. The van der Waals surface area contributed by atoms with Crippen LogP contribution >= 0.6 is 0 Å². The van der Waals surface area contributed by atoms with Crippen molar-refractivity contribution < 1.29 is 19.1 Å². The number of ether oxygens (including phenoxy) is 2. The molecule has 0 bridgehead atoms. The molecule has 0 aromatic rings. The van der Waals surface area contributed by atoms with Crippen LogP contribution in [0, 0.1) is 16.7 Å². The van der Waals surface area contributed by atoms with Crippen LogP contribution in [-0.2, 0) is 19.1 Å². The number of fused-ring (bicyclic) bond motifs is 1. The van der Waals surface area contributed by atoms with E-state index in [0.29, 0.717) is 17.3 Å². The zero-order chi connectivity index (χ0) is 16.9. The highest BCUT2D eigenvalue weighted by atomic mass is 16.5. The molecule has 4 nitrogen and oxygen atoms in total. The molecule has 0 aromatic carbocycles. The molecule has 0 saturated heterocycles. The predicted molar refractivity (Wildman–Crippen MR) is 89.1 cm³/mol. The van der Waals surface area contributed by atoms with Gasteiger partial charge in [0.25, 0.3) is 0 Å². The van der Waals surface area contributed by atoms with Crippen molar-refractivity contribution in [3.05, 3.63) is 22.8 Å². The molecule has 130 valence electrons. The normalized spacial score (nSPS) is 25.4. The van der Waals surface area contributed by atoms with Crippen LogP contribution in [0.4, 0.5) is 0 Å². The summed E-state index contributed by atoms with van der Waals surface area (Å²) >= 11 is 0. The molecule has 3 fully saturated rings. The van der Waals surface area contributed by atoms with Gasteiger partial charge in [0.15, 0.2) is 5.92 Å². The topological polar surface area (TPSA) is 52.6 Å². The number of rotatable bonds is 4. The average Bonchev–Trinajstić information content (AvgIpc) is 3.44. The van der Waals surface area contributed by atoms with Gasteiger partial charge in [-0.3, -0.25) is 9.59 Å². The van der Waals surface area contributed by atoms with E-state index in [-0.39, 0.29) is 0 Å². The van der Waals surface area contributed by atoms with Crippen LogP contribution in [0.1, 0.15) is 57.8 Å². The zero-order valence-corrected chi connectivity index (χ0v) is 14.7. The monoisotopic (exact) mass is 330 g/mol. The quantitative estimate of drug-likeness (QED) is 0.448. The number of hydrogen-bond donors (Lipinski definition) is 0. The molecule has 0 aliphatic heterocycles. The molecule has 2 spiro atoms. The fraction of sp³-hybridized carbons (Fsp3) is 0.700. The summed E-state index contributed by atoms with van der Waals surface area (Å²) in [6.45, 7) is 0. The average molecular weight is 330 g/mol. The SMILES string of the molecule is COC(=O)C(CC1=CC2(CC2)C2(CC2)C(=C2CC2)CC1)C(=O)OC. The summed E-state index contributed by atoms with van der Waals surface area (Å²) in [5, 5.41) is 0. The minimum Gasteiger partial charge on any atom is -0.468 e. The molecule has 0 atom stereocenters. The summed E-state index contributed by atoms with van der Waals surface area (Å²) in [4.78, 5) is 24.0. The fourth-order valence-corrected chi connectivity index (χ4v) is 4.96. The Morgan fingerprint density at radius 3 is 2.08 bits per heavy atom. The third-order valence-corrected chi connectivity index (χ3v) is 6.61. The lowest BCUT2D eigenvalue weighted by Crippen LogP contribution is -2.27. The first-order chi connectivity index (χ1) is 11.5. The summed E-state index contributed by atoms with van der Waals surface area (Å²) in [5.74, 6) is -1.80. The van der Waals surface area contributed by atoms with Crippen LogP contribution < -0.4 is 0 Å². The maximum atomic E-state index is 12.0. The van der Waals surface area contributed by atoms with Crippen molar-refractivity contribution in [1.29, 1.82) is 0 Å². The zero-order valence-electron chi connectivity index (χ0n) is 14.7. The van der Waals surface area contributed by atoms with Crippen molar-refractivity contribution in [1.82, 2.24) is 0 Å². The first-order valence-corrected chi connectivity index (χ1v) is 9.13. The maximum absolute atomic E-state index is 12.0. The molecule has 0 radical (unpaired) electrons. The van der Waals surface area contributed by atoms with Gasteiger partial charge in [-0.1, -0.05) is 22.8 Å². The fourth-order valence-electron chi connectivity index (χ4n) is 4.96. The summed E-state index contributed by atoms with van der Waals surface area (Å²) in [5.41, 5.74) is 5.44. The molecule has 3 saturated carbocycles. The maximum Gasteiger partial charge on any atom is 0.320 e. The molecule has 4 rings (SSSR count). The van der Waals surface area contributed by atoms with Gasteiger partial charge in [0.1, 0.15) is 0 Å². The minimum absolute atomic E-state index is 0.320. The van der Waals surface area contributed by atoms with Gasteiger partial charge >= 0.3 is 11.9 Å². The molecule has 0 N–H and O–H groups in total. The second-order valence-electron chi connectivity index (χ2n) is 7.93. The Balaban J connectivity index is 1.60. The first kappa shape index (κ1) is 15.9. The molecule has 24 heavy (non-hydrogen) atoms. The first-order valence-electron chi connectivity index (χ1n) is 9.13. The second-order valence-corrected chi connectivity index (χ2v) is 7.93. The molecule has 0 heterocycles. The van der Waals surface area contributed by atoms with E-state index >= 15 is 0 Å². The van der Waals surface area contributed by atoms with Crippen molar-refractivity contribution in [2.75, 3.05) is 14.2 Å². The third-order valence-electron chi connectivity index (χ3n) is 6.61. The Hall–Kier alpha value is -1.58. The van der Waals surface area contributed by atoms with Gasteiger partial charge < -0.3 is 9.47 Å². The van der Waals surface area contributed by atoms with E-state index in [4.69, 9.17) is 9.47 Å². The second kappa shape index (κ2) is 5.47. The Morgan fingerprint density at radius 2 is 1.62 bits per heavy atom. The van der Waals surface area contributed by atoms with Crippen LogP contribution in [0.3, 0.4) is 0 Å². The van der Waals surface area contributed by atoms with Crippen molar-refractivity contribution >= 4 is 11.9 Å². The van der Waals surface area contributed by atoms with Crippen molar-refractivity contribution in [3.8, 4) is 0 Å². The van der Waals surface area contributed by atoms with E-state index in [9.17, 15) is 9.59 Å². The number of hydrogen-bond acceptors (Lipinski definition) is 4. The van der Waals surface area contributed by atoms with Crippen molar-refractivity contribution in [3.63, 3.8) is 0 Å². The predicted octanol–water partition coefficient (Wildman–Crippen LogP) is 3.71. The van der Waals surface area contributed by atoms with Crippen LogP contribution in [0.2, 0.25) is 0 Å². The largest absolute Gasteiger partial charge is 0.468 e. The van der Waals surface area contributed by atoms with E-state index in [2.05, 4.69) is 6.08 Å². The standard InChI is InChI=1S/C20H26O4/c1-23-17(21)15(18(22)24-2)11-13-3-6-16(14-4-5-14)20(9-10-20)19(12-13)7-8-19/h12,15H,3-11H2,1-2H3. The Morgan fingerprint density at radius 1 is 1.00 bits per heavy atom. The van der Waals surface area contributed by atoms with Crippen LogP contribution in [0.15, 0.2) is 22.8 Å². The van der Waals surface area contributed by atoms with Gasteiger partial charge in [0.05, 0.1) is 14.2 Å². The van der Waals surface area contributed by atoms with Crippen LogP contribution in [0.5, 0.6) is 0 Å². The summed E-state index contributed by atoms with van der Waals surface area (Å²) in [7, 11) is 2.66. The van der Waals surface area contributed by atoms with Crippen molar-refractivity contribution in [2.45, 2.75) is 57.8 Å². The third kappa shape index (κ3) is 2.42. The van der Waals surface area contributed by atoms with Gasteiger partial charge in [-0.05, 0) is 63.2 Å². The number of methoxy groups -OCH3 is 2.